The summed E-state index contributed by atoms with van der Waals surface area (Å²) in [7, 11) is 0. The number of nitrogens with two attached hydrogens (primary N) is 1. The average molecular weight is 298 g/mol. The molecule has 120 valence electrons. The number of carboxylic acids is 1. The van der Waals surface area contributed by atoms with Crippen LogP contribution in [0.25, 0.3) is 0 Å². The lowest BCUT2D eigenvalue weighted by Crippen LogP contribution is -2.60. The summed E-state index contributed by atoms with van der Waals surface area (Å²) in [5.41, 5.74) is 4.74. The molecule has 2 fully saturated rings. The first-order valence-electron chi connectivity index (χ1n) is 7.83. The van der Waals surface area contributed by atoms with Gasteiger partial charge in [-0.1, -0.05) is 13.3 Å². The van der Waals surface area contributed by atoms with Crippen LogP contribution in [-0.2, 0) is 14.3 Å². The van der Waals surface area contributed by atoms with Crippen LogP contribution in [0.2, 0.25) is 0 Å². The number of aliphatic carboxylic acids is 1. The largest absolute Gasteiger partial charge is 0.481 e. The zero-order valence-electron chi connectivity index (χ0n) is 12.8. The second kappa shape index (κ2) is 6.32. The van der Waals surface area contributed by atoms with Gasteiger partial charge in [-0.05, 0) is 32.1 Å². The molecule has 2 aliphatic rings. The smallest absolute Gasteiger partial charge is 0.309 e. The van der Waals surface area contributed by atoms with Gasteiger partial charge in [0.2, 0.25) is 5.91 Å². The molecule has 21 heavy (non-hydrogen) atoms. The predicted molar refractivity (Wildman–Crippen MR) is 77.8 cm³/mol. The molecule has 2 aliphatic heterocycles. The molecule has 0 spiro atoms. The number of likely N-dealkylation sites (tertiary alicyclic amines) is 1. The summed E-state index contributed by atoms with van der Waals surface area (Å²) >= 11 is 0. The molecular weight excluding hydrogens is 272 g/mol. The molecule has 0 bridgehead atoms. The SMILES string of the molecule is CCCC1(C(=O)O)CCN(C(=O)C2(N)CCOCC2)CC1. The maximum Gasteiger partial charge on any atom is 0.309 e. The predicted octanol–water partition coefficient (Wildman–Crippen LogP) is 0.988. The number of piperidine rings is 1. The van der Waals surface area contributed by atoms with Crippen molar-refractivity contribution in [1.82, 2.24) is 4.90 Å². The third-order valence-corrected chi connectivity index (χ3v) is 5.00. The highest BCUT2D eigenvalue weighted by Crippen LogP contribution is 2.37. The highest BCUT2D eigenvalue weighted by atomic mass is 16.5. The molecule has 3 N–H and O–H groups in total. The van der Waals surface area contributed by atoms with E-state index >= 15 is 0 Å². The second-order valence-electron chi connectivity index (χ2n) is 6.40. The number of hydrogen-bond donors (Lipinski definition) is 2. The number of carbonyl (C=O) groups excluding carboxylic acids is 1. The molecule has 0 aromatic carbocycles. The van der Waals surface area contributed by atoms with E-state index in [-0.39, 0.29) is 5.91 Å². The van der Waals surface area contributed by atoms with Crippen LogP contribution in [0.15, 0.2) is 0 Å². The van der Waals surface area contributed by atoms with Gasteiger partial charge < -0.3 is 20.5 Å². The van der Waals surface area contributed by atoms with Crippen molar-refractivity contribution in [2.45, 2.75) is 51.0 Å². The van der Waals surface area contributed by atoms with E-state index in [0.717, 1.165) is 6.42 Å². The molecule has 0 aliphatic carbocycles. The standard InChI is InChI=1S/C15H26N2O4/c1-2-3-14(13(19)20)4-8-17(9-5-14)12(18)15(16)6-10-21-11-7-15/h2-11,16H2,1H3,(H,19,20). The van der Waals surface area contributed by atoms with Gasteiger partial charge >= 0.3 is 5.97 Å². The second-order valence-corrected chi connectivity index (χ2v) is 6.40. The van der Waals surface area contributed by atoms with Crippen molar-refractivity contribution in [3.8, 4) is 0 Å². The Morgan fingerprint density at radius 2 is 1.76 bits per heavy atom. The highest BCUT2D eigenvalue weighted by molar-refractivity contribution is 5.86. The summed E-state index contributed by atoms with van der Waals surface area (Å²) in [6, 6.07) is 0. The molecule has 6 nitrogen and oxygen atoms in total. The topological polar surface area (TPSA) is 92.9 Å². The molecule has 0 atom stereocenters. The zero-order valence-corrected chi connectivity index (χ0v) is 12.8. The number of carboxylic acid groups (broad SMARTS) is 1. The monoisotopic (exact) mass is 298 g/mol. The van der Waals surface area contributed by atoms with Gasteiger partial charge in [-0.25, -0.2) is 0 Å². The van der Waals surface area contributed by atoms with Crippen LogP contribution in [0, 0.1) is 5.41 Å². The fraction of sp³-hybridized carbons (Fsp3) is 0.867. The Bertz CT molecular complexity index is 396. The van der Waals surface area contributed by atoms with E-state index in [2.05, 4.69) is 0 Å². The lowest BCUT2D eigenvalue weighted by atomic mass is 9.74. The number of nitrogens with zero attached hydrogens (tertiary/aromatic N) is 1. The van der Waals surface area contributed by atoms with Crippen LogP contribution in [-0.4, -0.2) is 53.7 Å². The van der Waals surface area contributed by atoms with Crippen LogP contribution < -0.4 is 5.73 Å². The molecule has 2 heterocycles. The Labute approximate surface area is 125 Å². The maximum absolute atomic E-state index is 12.6. The van der Waals surface area contributed by atoms with E-state index in [1.807, 2.05) is 6.92 Å². The van der Waals surface area contributed by atoms with E-state index < -0.39 is 16.9 Å². The quantitative estimate of drug-likeness (QED) is 0.807. The molecule has 2 rings (SSSR count). The summed E-state index contributed by atoms with van der Waals surface area (Å²) in [6.07, 6.45) is 3.65. The van der Waals surface area contributed by atoms with Crippen LogP contribution in [0.5, 0.6) is 0 Å². The van der Waals surface area contributed by atoms with E-state index in [1.165, 1.54) is 0 Å². The summed E-state index contributed by atoms with van der Waals surface area (Å²) in [5.74, 6) is -0.772. The number of hydrogen-bond acceptors (Lipinski definition) is 4. The van der Waals surface area contributed by atoms with Crippen LogP contribution in [0.4, 0.5) is 0 Å². The zero-order chi connectivity index (χ0) is 15.5. The minimum Gasteiger partial charge on any atom is -0.481 e. The lowest BCUT2D eigenvalue weighted by molar-refractivity contribution is -0.156. The third kappa shape index (κ3) is 3.21. The number of amides is 1. The van der Waals surface area contributed by atoms with Crippen molar-refractivity contribution in [3.63, 3.8) is 0 Å². The Morgan fingerprint density at radius 1 is 1.19 bits per heavy atom. The average Bonchev–Trinajstić information content (AvgIpc) is 2.48. The molecule has 0 unspecified atom stereocenters. The molecule has 2 saturated heterocycles. The van der Waals surface area contributed by atoms with E-state index in [1.54, 1.807) is 4.90 Å². The molecule has 1 amide bonds. The molecule has 0 aromatic heterocycles. The molecule has 6 heteroatoms. The summed E-state index contributed by atoms with van der Waals surface area (Å²) in [6.45, 7) is 4.02. The van der Waals surface area contributed by atoms with Gasteiger partial charge in [-0.3, -0.25) is 9.59 Å². The molecule has 0 aromatic rings. The highest BCUT2D eigenvalue weighted by Gasteiger charge is 2.45. The normalized spacial score (nSPS) is 24.6. The van der Waals surface area contributed by atoms with Crippen LogP contribution >= 0.6 is 0 Å². The Morgan fingerprint density at radius 3 is 2.24 bits per heavy atom. The van der Waals surface area contributed by atoms with Crippen molar-refractivity contribution in [1.29, 1.82) is 0 Å². The van der Waals surface area contributed by atoms with Gasteiger partial charge in [0.05, 0.1) is 11.0 Å². The first-order valence-corrected chi connectivity index (χ1v) is 7.83. The van der Waals surface area contributed by atoms with Gasteiger partial charge in [0.1, 0.15) is 0 Å². The molecule has 0 radical (unpaired) electrons. The van der Waals surface area contributed by atoms with Crippen molar-refractivity contribution in [2.24, 2.45) is 11.1 Å². The van der Waals surface area contributed by atoms with Crippen molar-refractivity contribution < 1.29 is 19.4 Å². The fourth-order valence-electron chi connectivity index (χ4n) is 3.45. The van der Waals surface area contributed by atoms with E-state index in [4.69, 9.17) is 10.5 Å². The fourth-order valence-corrected chi connectivity index (χ4v) is 3.45. The number of ether oxygens (including phenoxy) is 1. The first-order chi connectivity index (χ1) is 9.93. The minimum atomic E-state index is -0.827. The maximum atomic E-state index is 12.6. The number of carbonyl (C=O) groups is 2. The van der Waals surface area contributed by atoms with Crippen LogP contribution in [0.1, 0.15) is 45.4 Å². The summed E-state index contributed by atoms with van der Waals surface area (Å²) in [5, 5.41) is 9.50. The van der Waals surface area contributed by atoms with Gasteiger partial charge in [-0.15, -0.1) is 0 Å². The number of rotatable bonds is 4. The summed E-state index contributed by atoms with van der Waals surface area (Å²) in [4.78, 5) is 25.9. The van der Waals surface area contributed by atoms with Crippen molar-refractivity contribution in [2.75, 3.05) is 26.3 Å². The van der Waals surface area contributed by atoms with Gasteiger partial charge in [0, 0.05) is 26.3 Å². The van der Waals surface area contributed by atoms with Gasteiger partial charge in [0.15, 0.2) is 0 Å². The first kappa shape index (κ1) is 16.2. The Hall–Kier alpha value is -1.14. The van der Waals surface area contributed by atoms with Gasteiger partial charge in [0.25, 0.3) is 0 Å². The minimum absolute atomic E-state index is 0.0405. The Balaban J connectivity index is 1.99. The Kier molecular flexibility index (Phi) is 4.88. The molecular formula is C15H26N2O4. The van der Waals surface area contributed by atoms with Crippen LogP contribution in [0.3, 0.4) is 0 Å². The van der Waals surface area contributed by atoms with Crippen molar-refractivity contribution in [3.05, 3.63) is 0 Å². The van der Waals surface area contributed by atoms with Gasteiger partial charge in [-0.2, -0.15) is 0 Å². The third-order valence-electron chi connectivity index (χ3n) is 5.00. The molecule has 0 saturated carbocycles. The lowest BCUT2D eigenvalue weighted by Gasteiger charge is -2.43. The van der Waals surface area contributed by atoms with E-state index in [0.29, 0.717) is 58.4 Å². The van der Waals surface area contributed by atoms with E-state index in [9.17, 15) is 14.7 Å². The summed E-state index contributed by atoms with van der Waals surface area (Å²) < 4.78 is 5.27. The van der Waals surface area contributed by atoms with Crippen molar-refractivity contribution >= 4 is 11.9 Å².